The van der Waals surface area contributed by atoms with E-state index >= 15 is 0 Å². The minimum Gasteiger partial charge on any atom is -0.382 e. The van der Waals surface area contributed by atoms with E-state index in [0.29, 0.717) is 57.9 Å². The molecule has 1 N–H and O–H groups in total. The molecule has 1 aliphatic rings. The molecular formula is C23H31N3O4S. The molecule has 0 radical (unpaired) electrons. The predicted molar refractivity (Wildman–Crippen MR) is 120 cm³/mol. The van der Waals surface area contributed by atoms with Gasteiger partial charge >= 0.3 is 0 Å². The molecule has 0 spiro atoms. The summed E-state index contributed by atoms with van der Waals surface area (Å²) in [5.74, 6) is -0.277. The number of carbonyl (C=O) groups excluding carboxylic acids is 1. The van der Waals surface area contributed by atoms with Gasteiger partial charge in [0.25, 0.3) is 5.91 Å². The summed E-state index contributed by atoms with van der Waals surface area (Å²) in [5, 5.41) is 2.81. The van der Waals surface area contributed by atoms with Crippen LogP contribution >= 0.6 is 0 Å². The van der Waals surface area contributed by atoms with Crippen LogP contribution in [0.15, 0.2) is 59.5 Å². The van der Waals surface area contributed by atoms with Crippen molar-refractivity contribution in [1.82, 2.24) is 14.5 Å². The predicted octanol–water partition coefficient (Wildman–Crippen LogP) is 2.35. The lowest BCUT2D eigenvalue weighted by molar-refractivity contribution is 0.0944. The van der Waals surface area contributed by atoms with E-state index in [2.05, 4.69) is 22.3 Å². The van der Waals surface area contributed by atoms with Crippen LogP contribution in [0.1, 0.15) is 29.3 Å². The van der Waals surface area contributed by atoms with Gasteiger partial charge in [-0.2, -0.15) is 4.31 Å². The Morgan fingerprint density at radius 1 is 1.03 bits per heavy atom. The van der Waals surface area contributed by atoms with Gasteiger partial charge in [0.1, 0.15) is 0 Å². The second kappa shape index (κ2) is 11.4. The molecule has 0 unspecified atom stereocenters. The second-order valence-electron chi connectivity index (χ2n) is 7.50. The van der Waals surface area contributed by atoms with E-state index in [1.165, 1.54) is 15.9 Å². The minimum absolute atomic E-state index is 0.158. The first-order valence-electron chi connectivity index (χ1n) is 10.7. The Hall–Kier alpha value is -2.26. The SMILES string of the molecule is CCOCCCNC(=O)c1cccc(S(=O)(=O)N2CCN(Cc3ccccc3)CC2)c1. The van der Waals surface area contributed by atoms with Gasteiger partial charge in [0.2, 0.25) is 10.0 Å². The van der Waals surface area contributed by atoms with Crippen molar-refractivity contribution in [2.45, 2.75) is 24.8 Å². The number of hydrogen-bond donors (Lipinski definition) is 1. The maximum absolute atomic E-state index is 13.1. The maximum Gasteiger partial charge on any atom is 0.251 e. The van der Waals surface area contributed by atoms with Crippen molar-refractivity contribution in [3.05, 3.63) is 65.7 Å². The molecule has 1 fully saturated rings. The third kappa shape index (κ3) is 6.61. The summed E-state index contributed by atoms with van der Waals surface area (Å²) in [7, 11) is -3.64. The van der Waals surface area contributed by atoms with Gasteiger partial charge < -0.3 is 10.1 Å². The number of nitrogens with one attached hydrogen (secondary N) is 1. The van der Waals surface area contributed by atoms with Gasteiger partial charge in [0, 0.05) is 58.0 Å². The van der Waals surface area contributed by atoms with Crippen LogP contribution in [0, 0.1) is 0 Å². The van der Waals surface area contributed by atoms with Crippen LogP contribution in [0.25, 0.3) is 0 Å². The summed E-state index contributed by atoms with van der Waals surface area (Å²) in [4.78, 5) is 14.8. The summed E-state index contributed by atoms with van der Waals surface area (Å²) in [5.41, 5.74) is 1.57. The quantitative estimate of drug-likeness (QED) is 0.568. The molecule has 8 heteroatoms. The van der Waals surface area contributed by atoms with Crippen LogP contribution in [0.5, 0.6) is 0 Å². The number of benzene rings is 2. The molecule has 2 aromatic carbocycles. The molecule has 0 bridgehead atoms. The molecule has 3 rings (SSSR count). The van der Waals surface area contributed by atoms with Gasteiger partial charge in [0.15, 0.2) is 0 Å². The van der Waals surface area contributed by atoms with Crippen LogP contribution in [-0.4, -0.2) is 69.5 Å². The Labute approximate surface area is 185 Å². The Bertz CT molecular complexity index is 942. The molecule has 2 aromatic rings. The summed E-state index contributed by atoms with van der Waals surface area (Å²) < 4.78 is 33.0. The molecule has 1 aliphatic heterocycles. The highest BCUT2D eigenvalue weighted by atomic mass is 32.2. The van der Waals surface area contributed by atoms with Crippen LogP contribution < -0.4 is 5.32 Å². The minimum atomic E-state index is -3.64. The molecular weight excluding hydrogens is 414 g/mol. The van der Waals surface area contributed by atoms with E-state index in [0.717, 1.165) is 6.54 Å². The van der Waals surface area contributed by atoms with Gasteiger partial charge in [0.05, 0.1) is 4.90 Å². The molecule has 31 heavy (non-hydrogen) atoms. The number of hydrogen-bond acceptors (Lipinski definition) is 5. The Morgan fingerprint density at radius 3 is 2.48 bits per heavy atom. The first kappa shape index (κ1) is 23.4. The summed E-state index contributed by atoms with van der Waals surface area (Å²) in [6, 6.07) is 16.4. The third-order valence-corrected chi connectivity index (χ3v) is 7.16. The lowest BCUT2D eigenvalue weighted by Crippen LogP contribution is -2.48. The number of ether oxygens (including phenoxy) is 1. The highest BCUT2D eigenvalue weighted by Gasteiger charge is 2.29. The van der Waals surface area contributed by atoms with E-state index in [9.17, 15) is 13.2 Å². The summed E-state index contributed by atoms with van der Waals surface area (Å²) in [6.07, 6.45) is 0.713. The molecule has 168 valence electrons. The van der Waals surface area contributed by atoms with Crippen LogP contribution in [0.4, 0.5) is 0 Å². The molecule has 1 amide bonds. The fourth-order valence-electron chi connectivity index (χ4n) is 3.54. The van der Waals surface area contributed by atoms with Crippen LogP contribution in [0.2, 0.25) is 0 Å². The normalized spacial score (nSPS) is 15.6. The Kier molecular flexibility index (Phi) is 8.60. The van der Waals surface area contributed by atoms with Crippen LogP contribution in [0.3, 0.4) is 0 Å². The number of sulfonamides is 1. The Morgan fingerprint density at radius 2 is 1.77 bits per heavy atom. The largest absolute Gasteiger partial charge is 0.382 e. The van der Waals surface area contributed by atoms with E-state index in [1.54, 1.807) is 18.2 Å². The lowest BCUT2D eigenvalue weighted by Gasteiger charge is -2.34. The van der Waals surface area contributed by atoms with Crippen molar-refractivity contribution in [2.75, 3.05) is 45.9 Å². The number of rotatable bonds is 10. The maximum atomic E-state index is 13.1. The number of piperazine rings is 1. The monoisotopic (exact) mass is 445 g/mol. The first-order valence-corrected chi connectivity index (χ1v) is 12.2. The average molecular weight is 446 g/mol. The van der Waals surface area contributed by atoms with Crippen molar-refractivity contribution in [1.29, 1.82) is 0 Å². The second-order valence-corrected chi connectivity index (χ2v) is 9.44. The molecule has 7 nitrogen and oxygen atoms in total. The van der Waals surface area contributed by atoms with Gasteiger partial charge in [-0.05, 0) is 37.1 Å². The van der Waals surface area contributed by atoms with E-state index in [4.69, 9.17) is 4.74 Å². The van der Waals surface area contributed by atoms with Gasteiger partial charge in [-0.3, -0.25) is 9.69 Å². The van der Waals surface area contributed by atoms with Gasteiger partial charge in [-0.15, -0.1) is 0 Å². The van der Waals surface area contributed by atoms with E-state index < -0.39 is 10.0 Å². The molecule has 0 aromatic heterocycles. The molecule has 0 saturated carbocycles. The summed E-state index contributed by atoms with van der Waals surface area (Å²) >= 11 is 0. The molecule has 0 aliphatic carbocycles. The fourth-order valence-corrected chi connectivity index (χ4v) is 5.01. The zero-order valence-electron chi connectivity index (χ0n) is 18.0. The average Bonchev–Trinajstić information content (AvgIpc) is 2.80. The van der Waals surface area contributed by atoms with Crippen LogP contribution in [-0.2, 0) is 21.3 Å². The Balaban J connectivity index is 1.57. The number of carbonyl (C=O) groups is 1. The van der Waals surface area contributed by atoms with Crippen molar-refractivity contribution in [3.63, 3.8) is 0 Å². The highest BCUT2D eigenvalue weighted by molar-refractivity contribution is 7.89. The zero-order valence-corrected chi connectivity index (χ0v) is 18.8. The van der Waals surface area contributed by atoms with E-state index in [1.807, 2.05) is 25.1 Å². The number of amides is 1. The third-order valence-electron chi connectivity index (χ3n) is 5.27. The van der Waals surface area contributed by atoms with Crippen molar-refractivity contribution >= 4 is 15.9 Å². The van der Waals surface area contributed by atoms with Crippen molar-refractivity contribution in [3.8, 4) is 0 Å². The van der Waals surface area contributed by atoms with Crippen molar-refractivity contribution < 1.29 is 17.9 Å². The van der Waals surface area contributed by atoms with Crippen molar-refractivity contribution in [2.24, 2.45) is 0 Å². The molecule has 1 saturated heterocycles. The smallest absolute Gasteiger partial charge is 0.251 e. The molecule has 0 atom stereocenters. The van der Waals surface area contributed by atoms with Gasteiger partial charge in [-0.25, -0.2) is 8.42 Å². The highest BCUT2D eigenvalue weighted by Crippen LogP contribution is 2.19. The molecule has 1 heterocycles. The number of nitrogens with zero attached hydrogens (tertiary/aromatic N) is 2. The standard InChI is InChI=1S/C23H31N3O4S/c1-2-30-17-7-12-24-23(27)21-10-6-11-22(18-21)31(28,29)26-15-13-25(14-16-26)19-20-8-4-3-5-9-20/h3-6,8-11,18H,2,7,12-17,19H2,1H3,(H,24,27). The lowest BCUT2D eigenvalue weighted by atomic mass is 10.2. The topological polar surface area (TPSA) is 78.9 Å². The summed E-state index contributed by atoms with van der Waals surface area (Å²) in [6.45, 7) is 6.67. The van der Waals surface area contributed by atoms with Gasteiger partial charge in [-0.1, -0.05) is 36.4 Å². The van der Waals surface area contributed by atoms with E-state index in [-0.39, 0.29) is 10.8 Å². The zero-order chi connectivity index (χ0) is 22.1. The first-order chi connectivity index (χ1) is 15.0. The fraction of sp³-hybridized carbons (Fsp3) is 0.435.